The van der Waals surface area contributed by atoms with Crippen LogP contribution in [0.1, 0.15) is 29.7 Å². The number of hydrogen-bond donors (Lipinski definition) is 1. The van der Waals surface area contributed by atoms with Crippen molar-refractivity contribution in [3.05, 3.63) is 71.3 Å². The maximum atomic E-state index is 6.24. The molecule has 0 saturated carbocycles. The second kappa shape index (κ2) is 5.55. The van der Waals surface area contributed by atoms with Gasteiger partial charge >= 0.3 is 0 Å². The predicted molar refractivity (Wildman–Crippen MR) is 77.0 cm³/mol. The molecule has 0 radical (unpaired) electrons. The lowest BCUT2D eigenvalue weighted by molar-refractivity contribution is 0.0159. The van der Waals surface area contributed by atoms with Crippen LogP contribution >= 0.6 is 0 Å². The lowest BCUT2D eigenvalue weighted by Crippen LogP contribution is -2.31. The van der Waals surface area contributed by atoms with Crippen LogP contribution in [0.25, 0.3) is 0 Å². The molecule has 2 atom stereocenters. The molecule has 2 aromatic carbocycles. The van der Waals surface area contributed by atoms with Gasteiger partial charge in [0, 0.05) is 13.1 Å². The Kier molecular flexibility index (Phi) is 3.62. The fourth-order valence-electron chi connectivity index (χ4n) is 2.60. The number of rotatable bonds is 1. The molecule has 1 heterocycles. The van der Waals surface area contributed by atoms with E-state index < -0.39 is 0 Å². The molecule has 2 heteroatoms. The van der Waals surface area contributed by atoms with Crippen molar-refractivity contribution in [3.63, 3.8) is 0 Å². The Morgan fingerprint density at radius 3 is 2.58 bits per heavy atom. The zero-order chi connectivity index (χ0) is 13.1. The van der Waals surface area contributed by atoms with Gasteiger partial charge in [-0.3, -0.25) is 0 Å². The molecule has 0 spiro atoms. The van der Waals surface area contributed by atoms with Crippen molar-refractivity contribution >= 4 is 0 Å². The Morgan fingerprint density at radius 2 is 1.74 bits per heavy atom. The summed E-state index contributed by atoms with van der Waals surface area (Å²) in [6.45, 7) is 3.92. The number of nitrogens with one attached hydrogen (secondary N) is 1. The van der Waals surface area contributed by atoms with Crippen LogP contribution in [-0.2, 0) is 11.3 Å². The number of ether oxygens (including phenoxy) is 1. The highest BCUT2D eigenvalue weighted by atomic mass is 16.5. The van der Waals surface area contributed by atoms with Crippen LogP contribution in [0.15, 0.2) is 54.6 Å². The van der Waals surface area contributed by atoms with E-state index in [1.807, 2.05) is 6.07 Å². The van der Waals surface area contributed by atoms with Crippen molar-refractivity contribution in [1.29, 1.82) is 0 Å². The average Bonchev–Trinajstić information content (AvgIpc) is 2.44. The molecule has 0 saturated heterocycles. The van der Waals surface area contributed by atoms with E-state index in [4.69, 9.17) is 4.74 Å². The summed E-state index contributed by atoms with van der Waals surface area (Å²) in [6, 6.07) is 19.0. The van der Waals surface area contributed by atoms with E-state index in [1.54, 1.807) is 0 Å². The van der Waals surface area contributed by atoms with Crippen molar-refractivity contribution < 1.29 is 4.74 Å². The molecule has 0 amide bonds. The highest BCUT2D eigenvalue weighted by Gasteiger charge is 2.22. The first-order chi connectivity index (χ1) is 9.34. The van der Waals surface area contributed by atoms with Crippen LogP contribution in [0.4, 0.5) is 0 Å². The Bertz CT molecular complexity index is 538. The molecule has 3 rings (SSSR count). The first-order valence-electron chi connectivity index (χ1n) is 6.83. The number of fused-ring (bicyclic) bond motifs is 1. The maximum absolute atomic E-state index is 6.24. The molecule has 0 aromatic heterocycles. The summed E-state index contributed by atoms with van der Waals surface area (Å²) < 4.78 is 6.24. The number of benzene rings is 2. The summed E-state index contributed by atoms with van der Waals surface area (Å²) in [7, 11) is 0. The molecular weight excluding hydrogens is 234 g/mol. The van der Waals surface area contributed by atoms with Crippen molar-refractivity contribution in [3.8, 4) is 0 Å². The van der Waals surface area contributed by atoms with Gasteiger partial charge in [0.1, 0.15) is 6.10 Å². The fourth-order valence-corrected chi connectivity index (χ4v) is 2.60. The standard InChI is InChI=1S/C17H19NO/c1-13-11-18-12-15-9-5-6-10-16(15)17(19-13)14-7-3-2-4-8-14/h2-10,13,17-18H,11-12H2,1H3. The van der Waals surface area contributed by atoms with Gasteiger partial charge in [-0.15, -0.1) is 0 Å². The van der Waals surface area contributed by atoms with Gasteiger partial charge in [-0.2, -0.15) is 0 Å². The summed E-state index contributed by atoms with van der Waals surface area (Å²) in [6.07, 6.45) is 0.244. The summed E-state index contributed by atoms with van der Waals surface area (Å²) in [5.41, 5.74) is 3.82. The smallest absolute Gasteiger partial charge is 0.108 e. The van der Waals surface area contributed by atoms with Crippen molar-refractivity contribution in [2.24, 2.45) is 0 Å². The van der Waals surface area contributed by atoms with E-state index in [0.717, 1.165) is 13.1 Å². The Labute approximate surface area is 114 Å². The van der Waals surface area contributed by atoms with Gasteiger partial charge in [-0.25, -0.2) is 0 Å². The SMILES string of the molecule is CC1CNCc2ccccc2C(c2ccccc2)O1. The fraction of sp³-hybridized carbons (Fsp3) is 0.294. The van der Waals surface area contributed by atoms with Crippen molar-refractivity contribution in [2.45, 2.75) is 25.7 Å². The van der Waals surface area contributed by atoms with Gasteiger partial charge < -0.3 is 10.1 Å². The van der Waals surface area contributed by atoms with E-state index in [2.05, 4.69) is 60.8 Å². The average molecular weight is 253 g/mol. The van der Waals surface area contributed by atoms with E-state index in [9.17, 15) is 0 Å². The van der Waals surface area contributed by atoms with Gasteiger partial charge in [0.2, 0.25) is 0 Å². The normalized spacial score (nSPS) is 23.2. The molecule has 0 aliphatic carbocycles. The summed E-state index contributed by atoms with van der Waals surface area (Å²) in [5.74, 6) is 0. The second-order valence-electron chi connectivity index (χ2n) is 5.07. The third kappa shape index (κ3) is 2.70. The van der Waals surface area contributed by atoms with E-state index in [-0.39, 0.29) is 12.2 Å². The monoisotopic (exact) mass is 253 g/mol. The van der Waals surface area contributed by atoms with Crippen LogP contribution in [-0.4, -0.2) is 12.6 Å². The molecule has 2 nitrogen and oxygen atoms in total. The zero-order valence-corrected chi connectivity index (χ0v) is 11.2. The quantitative estimate of drug-likeness (QED) is 0.842. The summed E-state index contributed by atoms with van der Waals surface area (Å²) in [5, 5.41) is 3.44. The Morgan fingerprint density at radius 1 is 1.00 bits per heavy atom. The predicted octanol–water partition coefficient (Wildman–Crippen LogP) is 3.28. The molecule has 2 unspecified atom stereocenters. The molecule has 1 N–H and O–H groups in total. The summed E-state index contributed by atoms with van der Waals surface area (Å²) >= 11 is 0. The van der Waals surface area contributed by atoms with Crippen molar-refractivity contribution in [2.75, 3.05) is 6.54 Å². The van der Waals surface area contributed by atoms with Gasteiger partial charge in [0.05, 0.1) is 6.10 Å². The van der Waals surface area contributed by atoms with Gasteiger partial charge in [0.15, 0.2) is 0 Å². The first-order valence-corrected chi connectivity index (χ1v) is 6.83. The minimum Gasteiger partial charge on any atom is -0.365 e. The van der Waals surface area contributed by atoms with Gasteiger partial charge in [-0.1, -0.05) is 54.6 Å². The van der Waals surface area contributed by atoms with Crippen LogP contribution in [0.5, 0.6) is 0 Å². The Hall–Kier alpha value is -1.64. The van der Waals surface area contributed by atoms with Crippen molar-refractivity contribution in [1.82, 2.24) is 5.32 Å². The highest BCUT2D eigenvalue weighted by molar-refractivity contribution is 5.36. The minimum absolute atomic E-state index is 0.0366. The number of hydrogen-bond acceptors (Lipinski definition) is 2. The van der Waals surface area contributed by atoms with Crippen LogP contribution in [0.3, 0.4) is 0 Å². The highest BCUT2D eigenvalue weighted by Crippen LogP contribution is 2.30. The second-order valence-corrected chi connectivity index (χ2v) is 5.07. The molecule has 2 aromatic rings. The van der Waals surface area contributed by atoms with E-state index in [0.29, 0.717) is 0 Å². The summed E-state index contributed by atoms with van der Waals surface area (Å²) in [4.78, 5) is 0. The third-order valence-corrected chi connectivity index (χ3v) is 3.56. The maximum Gasteiger partial charge on any atom is 0.108 e. The van der Waals surface area contributed by atoms with Gasteiger partial charge in [-0.05, 0) is 23.6 Å². The Balaban J connectivity index is 2.05. The topological polar surface area (TPSA) is 21.3 Å². The molecule has 0 fully saturated rings. The van der Waals surface area contributed by atoms with Crippen LogP contribution in [0, 0.1) is 0 Å². The van der Waals surface area contributed by atoms with Crippen LogP contribution < -0.4 is 5.32 Å². The zero-order valence-electron chi connectivity index (χ0n) is 11.2. The molecular formula is C17H19NO. The third-order valence-electron chi connectivity index (χ3n) is 3.56. The first kappa shape index (κ1) is 12.4. The lowest BCUT2D eigenvalue weighted by Gasteiger charge is -2.28. The largest absolute Gasteiger partial charge is 0.365 e. The van der Waals surface area contributed by atoms with Gasteiger partial charge in [0.25, 0.3) is 0 Å². The molecule has 1 aliphatic heterocycles. The van der Waals surface area contributed by atoms with E-state index in [1.165, 1.54) is 16.7 Å². The minimum atomic E-state index is 0.0366. The molecule has 0 bridgehead atoms. The van der Waals surface area contributed by atoms with E-state index >= 15 is 0 Å². The van der Waals surface area contributed by atoms with Crippen LogP contribution in [0.2, 0.25) is 0 Å². The molecule has 19 heavy (non-hydrogen) atoms. The molecule has 98 valence electrons. The molecule has 1 aliphatic rings. The lowest BCUT2D eigenvalue weighted by atomic mass is 9.95.